The third kappa shape index (κ3) is 5.32. The predicted molar refractivity (Wildman–Crippen MR) is 91.5 cm³/mol. The summed E-state index contributed by atoms with van der Waals surface area (Å²) in [6.07, 6.45) is 2.76. The van der Waals surface area contributed by atoms with E-state index in [0.29, 0.717) is 25.2 Å². The molecular formula is C14H18ClN3OS2. The average Bonchev–Trinajstić information content (AvgIpc) is 2.94. The first-order valence-corrected chi connectivity index (χ1v) is 8.39. The van der Waals surface area contributed by atoms with Crippen LogP contribution >= 0.6 is 35.5 Å². The summed E-state index contributed by atoms with van der Waals surface area (Å²) < 4.78 is 0. The summed E-state index contributed by atoms with van der Waals surface area (Å²) in [5.74, 6) is -0.140. The summed E-state index contributed by atoms with van der Waals surface area (Å²) in [6.45, 7) is 1.06. The number of thioether (sulfide) groups is 1. The number of amides is 1. The van der Waals surface area contributed by atoms with Crippen LogP contribution in [0.3, 0.4) is 0 Å². The van der Waals surface area contributed by atoms with Crippen LogP contribution in [-0.2, 0) is 13.0 Å². The van der Waals surface area contributed by atoms with Crippen LogP contribution in [0.25, 0.3) is 0 Å². The van der Waals surface area contributed by atoms with E-state index in [9.17, 15) is 4.79 Å². The Hall–Kier alpha value is -1.08. The smallest absolute Gasteiger partial charge is 0.271 e. The summed E-state index contributed by atoms with van der Waals surface area (Å²) in [5, 5.41) is 5.55. The Bertz CT molecular complexity index is 572. The molecule has 4 nitrogen and oxygen atoms in total. The van der Waals surface area contributed by atoms with Gasteiger partial charge in [0.2, 0.25) is 0 Å². The molecule has 21 heavy (non-hydrogen) atoms. The van der Waals surface area contributed by atoms with Gasteiger partial charge in [0.25, 0.3) is 5.91 Å². The number of nitrogens with two attached hydrogens (primary N) is 1. The van der Waals surface area contributed by atoms with Crippen molar-refractivity contribution in [2.75, 3.05) is 12.8 Å². The zero-order valence-corrected chi connectivity index (χ0v) is 14.1. The van der Waals surface area contributed by atoms with Crippen molar-refractivity contribution in [3.05, 3.63) is 45.9 Å². The minimum atomic E-state index is -0.140. The Morgan fingerprint density at radius 3 is 2.71 bits per heavy atom. The fourth-order valence-corrected chi connectivity index (χ4v) is 2.87. The molecule has 7 heteroatoms. The number of carbonyl (C=O) groups is 1. The lowest BCUT2D eigenvalue weighted by molar-refractivity contribution is 0.0946. The number of nitrogens with zero attached hydrogens (tertiary/aromatic N) is 1. The molecule has 0 unspecified atom stereocenters. The van der Waals surface area contributed by atoms with Gasteiger partial charge in [0.05, 0.1) is 5.01 Å². The highest BCUT2D eigenvalue weighted by molar-refractivity contribution is 7.98. The molecule has 0 atom stereocenters. The molecule has 0 spiro atoms. The number of nitrogens with one attached hydrogen (secondary N) is 1. The minimum absolute atomic E-state index is 0. The summed E-state index contributed by atoms with van der Waals surface area (Å²) in [4.78, 5) is 17.4. The van der Waals surface area contributed by atoms with Crippen LogP contribution in [0.4, 0.5) is 0 Å². The van der Waals surface area contributed by atoms with Gasteiger partial charge < -0.3 is 11.1 Å². The van der Waals surface area contributed by atoms with E-state index < -0.39 is 0 Å². The maximum atomic E-state index is 12.0. The van der Waals surface area contributed by atoms with Crippen LogP contribution in [0.15, 0.2) is 34.5 Å². The lowest BCUT2D eigenvalue weighted by Crippen LogP contribution is -2.23. The SMILES string of the molecule is CSc1ccc(CNC(=O)c2csc(CCN)n2)cc1.Cl. The van der Waals surface area contributed by atoms with Crippen molar-refractivity contribution in [2.24, 2.45) is 5.73 Å². The van der Waals surface area contributed by atoms with E-state index in [1.54, 1.807) is 17.1 Å². The average molecular weight is 344 g/mol. The molecule has 114 valence electrons. The molecule has 0 fully saturated rings. The highest BCUT2D eigenvalue weighted by Gasteiger charge is 2.09. The van der Waals surface area contributed by atoms with Crippen molar-refractivity contribution in [3.8, 4) is 0 Å². The first kappa shape index (κ1) is 18.0. The quantitative estimate of drug-likeness (QED) is 0.791. The lowest BCUT2D eigenvalue weighted by atomic mass is 10.2. The zero-order chi connectivity index (χ0) is 14.4. The number of hydrogen-bond acceptors (Lipinski definition) is 5. The van der Waals surface area contributed by atoms with Crippen LogP contribution in [-0.4, -0.2) is 23.7 Å². The summed E-state index contributed by atoms with van der Waals surface area (Å²) in [7, 11) is 0. The van der Waals surface area contributed by atoms with Crippen molar-refractivity contribution in [1.82, 2.24) is 10.3 Å². The normalized spacial score (nSPS) is 10.0. The van der Waals surface area contributed by atoms with Gasteiger partial charge in [-0.3, -0.25) is 4.79 Å². The van der Waals surface area contributed by atoms with Crippen LogP contribution in [0.5, 0.6) is 0 Å². The van der Waals surface area contributed by atoms with E-state index in [-0.39, 0.29) is 18.3 Å². The monoisotopic (exact) mass is 343 g/mol. The molecule has 0 aliphatic heterocycles. The largest absolute Gasteiger partial charge is 0.347 e. The topological polar surface area (TPSA) is 68.0 Å². The van der Waals surface area contributed by atoms with E-state index in [0.717, 1.165) is 10.6 Å². The van der Waals surface area contributed by atoms with E-state index in [1.165, 1.54) is 16.2 Å². The van der Waals surface area contributed by atoms with Crippen molar-refractivity contribution in [1.29, 1.82) is 0 Å². The molecule has 1 aromatic heterocycles. The minimum Gasteiger partial charge on any atom is -0.347 e. The Morgan fingerprint density at radius 2 is 2.10 bits per heavy atom. The molecular weight excluding hydrogens is 326 g/mol. The maximum absolute atomic E-state index is 12.0. The first-order chi connectivity index (χ1) is 9.72. The standard InChI is InChI=1S/C14H17N3OS2.ClH/c1-19-11-4-2-10(3-5-11)8-16-14(18)12-9-20-13(17-12)6-7-15;/h2-5,9H,6-8,15H2,1H3,(H,16,18);1H. The van der Waals surface area contributed by atoms with Gasteiger partial charge in [-0.05, 0) is 30.5 Å². The van der Waals surface area contributed by atoms with Gasteiger partial charge in [0.15, 0.2) is 0 Å². The molecule has 0 aliphatic rings. The molecule has 2 rings (SSSR count). The number of thiazole rings is 1. The Labute approximate surface area is 139 Å². The van der Waals surface area contributed by atoms with Gasteiger partial charge in [-0.25, -0.2) is 4.98 Å². The number of carbonyl (C=O) groups excluding carboxylic acids is 1. The van der Waals surface area contributed by atoms with E-state index in [2.05, 4.69) is 10.3 Å². The molecule has 0 radical (unpaired) electrons. The summed E-state index contributed by atoms with van der Waals surface area (Å²) in [6, 6.07) is 8.14. The number of hydrogen-bond donors (Lipinski definition) is 2. The molecule has 3 N–H and O–H groups in total. The molecule has 0 saturated carbocycles. The van der Waals surface area contributed by atoms with Crippen LogP contribution < -0.4 is 11.1 Å². The zero-order valence-electron chi connectivity index (χ0n) is 11.7. The predicted octanol–water partition coefficient (Wildman–Crippen LogP) is 2.72. The molecule has 0 saturated heterocycles. The van der Waals surface area contributed by atoms with Gasteiger partial charge in [0, 0.05) is 23.2 Å². The van der Waals surface area contributed by atoms with Crippen LogP contribution in [0.1, 0.15) is 21.1 Å². The fourth-order valence-electron chi connectivity index (χ4n) is 1.67. The molecule has 2 aromatic rings. The van der Waals surface area contributed by atoms with Gasteiger partial charge >= 0.3 is 0 Å². The molecule has 1 amide bonds. The lowest BCUT2D eigenvalue weighted by Gasteiger charge is -2.04. The molecule has 0 aliphatic carbocycles. The fraction of sp³-hybridized carbons (Fsp3) is 0.286. The molecule has 1 aromatic carbocycles. The highest BCUT2D eigenvalue weighted by atomic mass is 35.5. The van der Waals surface area contributed by atoms with Gasteiger partial charge in [-0.1, -0.05) is 12.1 Å². The van der Waals surface area contributed by atoms with E-state index in [4.69, 9.17) is 5.73 Å². The number of benzene rings is 1. The van der Waals surface area contributed by atoms with Crippen molar-refractivity contribution >= 4 is 41.4 Å². The van der Waals surface area contributed by atoms with Gasteiger partial charge in [0.1, 0.15) is 5.69 Å². The van der Waals surface area contributed by atoms with Crippen LogP contribution in [0.2, 0.25) is 0 Å². The first-order valence-electron chi connectivity index (χ1n) is 6.28. The number of halogens is 1. The second-order valence-corrected chi connectivity index (χ2v) is 6.02. The second kappa shape index (κ2) is 9.04. The Kier molecular flexibility index (Phi) is 7.74. The Balaban J connectivity index is 0.00000220. The second-order valence-electron chi connectivity index (χ2n) is 4.20. The van der Waals surface area contributed by atoms with Crippen molar-refractivity contribution in [3.63, 3.8) is 0 Å². The van der Waals surface area contributed by atoms with Crippen LogP contribution in [0, 0.1) is 0 Å². The van der Waals surface area contributed by atoms with E-state index in [1.807, 2.05) is 30.5 Å². The highest BCUT2D eigenvalue weighted by Crippen LogP contribution is 2.15. The molecule has 1 heterocycles. The third-order valence-electron chi connectivity index (χ3n) is 2.75. The summed E-state index contributed by atoms with van der Waals surface area (Å²) in [5.41, 5.74) is 7.02. The van der Waals surface area contributed by atoms with Crippen molar-refractivity contribution < 1.29 is 4.79 Å². The molecule has 0 bridgehead atoms. The van der Waals surface area contributed by atoms with Gasteiger partial charge in [-0.2, -0.15) is 0 Å². The summed E-state index contributed by atoms with van der Waals surface area (Å²) >= 11 is 3.17. The van der Waals surface area contributed by atoms with E-state index >= 15 is 0 Å². The number of rotatable bonds is 6. The van der Waals surface area contributed by atoms with Crippen molar-refractivity contribution in [2.45, 2.75) is 17.9 Å². The third-order valence-corrected chi connectivity index (χ3v) is 4.41. The van der Waals surface area contributed by atoms with Gasteiger partial charge in [-0.15, -0.1) is 35.5 Å². The Morgan fingerprint density at radius 1 is 1.38 bits per heavy atom. The maximum Gasteiger partial charge on any atom is 0.271 e. The number of aromatic nitrogens is 1.